The standard InChI is InChI=1S/C27H24F3N3O4/c1-14-12-20(34)9-11-21(14)22-10-8-19(13-23(22)27(28,29)30)25-32-24(33-37-25)18-6-4-17(5-7-18)15(2)31-16(3)26(35)36/h4-13,15-16,31,34H,1-3H3,(H,35,36). The summed E-state index contributed by atoms with van der Waals surface area (Å²) >= 11 is 0. The fourth-order valence-corrected chi connectivity index (χ4v) is 4.02. The molecule has 1 heterocycles. The van der Waals surface area contributed by atoms with Gasteiger partial charge in [0.2, 0.25) is 5.82 Å². The fraction of sp³-hybridized carbons (Fsp3) is 0.222. The van der Waals surface area contributed by atoms with Crippen LogP contribution in [-0.4, -0.2) is 32.4 Å². The molecule has 0 radical (unpaired) electrons. The second-order valence-corrected chi connectivity index (χ2v) is 8.75. The molecular weight excluding hydrogens is 487 g/mol. The summed E-state index contributed by atoms with van der Waals surface area (Å²) in [4.78, 5) is 15.3. The monoisotopic (exact) mass is 511 g/mol. The van der Waals surface area contributed by atoms with Gasteiger partial charge in [-0.1, -0.05) is 41.6 Å². The van der Waals surface area contributed by atoms with E-state index in [0.717, 1.165) is 11.6 Å². The quantitative estimate of drug-likeness (QED) is 0.270. The minimum Gasteiger partial charge on any atom is -0.508 e. The van der Waals surface area contributed by atoms with Crippen molar-refractivity contribution >= 4 is 5.97 Å². The topological polar surface area (TPSA) is 108 Å². The second kappa shape index (κ2) is 10.1. The molecule has 0 bridgehead atoms. The van der Waals surface area contributed by atoms with Gasteiger partial charge in [-0.15, -0.1) is 0 Å². The number of phenolic OH excluding ortho intramolecular Hbond substituents is 1. The smallest absolute Gasteiger partial charge is 0.417 e. The molecule has 0 aliphatic heterocycles. The number of rotatable bonds is 7. The summed E-state index contributed by atoms with van der Waals surface area (Å²) in [7, 11) is 0. The van der Waals surface area contributed by atoms with Crippen LogP contribution in [0.25, 0.3) is 34.0 Å². The summed E-state index contributed by atoms with van der Waals surface area (Å²) in [6.45, 7) is 5.02. The van der Waals surface area contributed by atoms with Crippen LogP contribution in [0, 0.1) is 6.92 Å². The predicted molar refractivity (Wildman–Crippen MR) is 131 cm³/mol. The van der Waals surface area contributed by atoms with Crippen molar-refractivity contribution in [2.24, 2.45) is 0 Å². The van der Waals surface area contributed by atoms with Crippen molar-refractivity contribution in [1.29, 1.82) is 0 Å². The SMILES string of the molecule is Cc1cc(O)ccc1-c1ccc(-c2nc(-c3ccc(C(C)NC(C)C(=O)O)cc3)no2)cc1C(F)(F)F. The molecule has 0 saturated heterocycles. The number of carbonyl (C=O) groups is 1. The van der Waals surface area contributed by atoms with E-state index in [4.69, 9.17) is 9.63 Å². The summed E-state index contributed by atoms with van der Waals surface area (Å²) in [6, 6.07) is 14.1. The van der Waals surface area contributed by atoms with Gasteiger partial charge in [0.05, 0.1) is 5.56 Å². The van der Waals surface area contributed by atoms with E-state index in [2.05, 4.69) is 15.5 Å². The lowest BCUT2D eigenvalue weighted by molar-refractivity contribution is -0.139. The Morgan fingerprint density at radius 1 is 0.973 bits per heavy atom. The van der Waals surface area contributed by atoms with Gasteiger partial charge in [0.25, 0.3) is 5.89 Å². The minimum atomic E-state index is -4.64. The zero-order valence-corrected chi connectivity index (χ0v) is 20.2. The van der Waals surface area contributed by atoms with Gasteiger partial charge < -0.3 is 14.7 Å². The molecule has 2 atom stereocenters. The average molecular weight is 512 g/mol. The van der Waals surface area contributed by atoms with E-state index in [1.165, 1.54) is 30.3 Å². The predicted octanol–water partition coefficient (Wildman–Crippen LogP) is 6.23. The lowest BCUT2D eigenvalue weighted by atomic mass is 9.94. The molecule has 0 fully saturated rings. The first-order valence-corrected chi connectivity index (χ1v) is 11.4. The number of hydrogen-bond acceptors (Lipinski definition) is 6. The van der Waals surface area contributed by atoms with E-state index in [9.17, 15) is 23.1 Å². The first kappa shape index (κ1) is 25.9. The Morgan fingerprint density at radius 2 is 1.62 bits per heavy atom. The first-order valence-electron chi connectivity index (χ1n) is 11.4. The first-order chi connectivity index (χ1) is 17.4. The summed E-state index contributed by atoms with van der Waals surface area (Å²) in [5.74, 6) is -0.849. The molecule has 0 saturated carbocycles. The number of nitrogens with zero attached hydrogens (tertiary/aromatic N) is 2. The number of aryl methyl sites for hydroxylation is 1. The number of alkyl halides is 3. The van der Waals surface area contributed by atoms with E-state index in [1.54, 1.807) is 38.1 Å². The zero-order valence-electron chi connectivity index (χ0n) is 20.2. The van der Waals surface area contributed by atoms with Gasteiger partial charge in [-0.3, -0.25) is 10.1 Å². The number of nitrogens with one attached hydrogen (secondary N) is 1. The van der Waals surface area contributed by atoms with Gasteiger partial charge in [0.1, 0.15) is 11.8 Å². The van der Waals surface area contributed by atoms with Crippen molar-refractivity contribution in [3.63, 3.8) is 0 Å². The molecule has 4 rings (SSSR count). The van der Waals surface area contributed by atoms with Crippen LogP contribution < -0.4 is 5.32 Å². The van der Waals surface area contributed by atoms with Crippen LogP contribution >= 0.6 is 0 Å². The molecule has 3 N–H and O–H groups in total. The number of halogens is 3. The van der Waals surface area contributed by atoms with Gasteiger partial charge in [-0.05, 0) is 67.3 Å². The Balaban J connectivity index is 1.62. The Bertz CT molecular complexity index is 1430. The largest absolute Gasteiger partial charge is 0.508 e. The van der Waals surface area contributed by atoms with Gasteiger partial charge in [-0.25, -0.2) is 0 Å². The minimum absolute atomic E-state index is 0.0241. The van der Waals surface area contributed by atoms with Gasteiger partial charge in [0.15, 0.2) is 0 Å². The van der Waals surface area contributed by atoms with Crippen molar-refractivity contribution in [2.75, 3.05) is 0 Å². The van der Waals surface area contributed by atoms with Crippen LogP contribution in [0.1, 0.15) is 36.6 Å². The second-order valence-electron chi connectivity index (χ2n) is 8.75. The van der Waals surface area contributed by atoms with Crippen molar-refractivity contribution in [3.8, 4) is 39.7 Å². The van der Waals surface area contributed by atoms with Crippen molar-refractivity contribution < 1.29 is 32.7 Å². The van der Waals surface area contributed by atoms with Gasteiger partial charge in [0, 0.05) is 17.2 Å². The average Bonchev–Trinajstić information content (AvgIpc) is 3.33. The summed E-state index contributed by atoms with van der Waals surface area (Å²) in [5, 5.41) is 25.6. The van der Waals surface area contributed by atoms with Crippen LogP contribution in [0.4, 0.5) is 13.2 Å². The van der Waals surface area contributed by atoms with Gasteiger partial charge in [-0.2, -0.15) is 18.2 Å². The molecular formula is C27H24F3N3O4. The number of hydrogen-bond donors (Lipinski definition) is 3. The maximum atomic E-state index is 14.0. The molecule has 0 aliphatic rings. The molecule has 1 aromatic heterocycles. The molecule has 3 aromatic carbocycles. The number of carboxylic acids is 1. The Morgan fingerprint density at radius 3 is 2.24 bits per heavy atom. The highest BCUT2D eigenvalue weighted by Gasteiger charge is 2.35. The zero-order chi connectivity index (χ0) is 26.9. The highest BCUT2D eigenvalue weighted by atomic mass is 19.4. The maximum absolute atomic E-state index is 14.0. The third-order valence-corrected chi connectivity index (χ3v) is 6.04. The highest BCUT2D eigenvalue weighted by molar-refractivity contribution is 5.75. The van der Waals surface area contributed by atoms with E-state index < -0.39 is 23.8 Å². The van der Waals surface area contributed by atoms with E-state index >= 15 is 0 Å². The third-order valence-electron chi connectivity index (χ3n) is 6.04. The molecule has 0 spiro atoms. The van der Waals surface area contributed by atoms with Crippen LogP contribution in [-0.2, 0) is 11.0 Å². The fourth-order valence-electron chi connectivity index (χ4n) is 4.02. The Labute approximate surface area is 210 Å². The van der Waals surface area contributed by atoms with E-state index in [0.29, 0.717) is 16.7 Å². The van der Waals surface area contributed by atoms with Crippen LogP contribution in [0.15, 0.2) is 65.2 Å². The maximum Gasteiger partial charge on any atom is 0.417 e. The molecule has 37 heavy (non-hydrogen) atoms. The van der Waals surface area contributed by atoms with Crippen LogP contribution in [0.3, 0.4) is 0 Å². The number of carboxylic acid groups (broad SMARTS) is 1. The number of aromatic hydroxyl groups is 1. The number of aliphatic carboxylic acids is 1. The Hall–Kier alpha value is -4.18. The molecule has 2 unspecified atom stereocenters. The van der Waals surface area contributed by atoms with Crippen LogP contribution in [0.2, 0.25) is 0 Å². The number of benzene rings is 3. The van der Waals surface area contributed by atoms with Crippen molar-refractivity contribution in [2.45, 2.75) is 39.0 Å². The van der Waals surface area contributed by atoms with Crippen LogP contribution in [0.5, 0.6) is 5.75 Å². The molecule has 192 valence electrons. The molecule has 0 aliphatic carbocycles. The summed E-state index contributed by atoms with van der Waals surface area (Å²) in [5.41, 5.74) is 1.51. The third kappa shape index (κ3) is 5.64. The lowest BCUT2D eigenvalue weighted by Gasteiger charge is -2.17. The van der Waals surface area contributed by atoms with E-state index in [1.807, 2.05) is 6.92 Å². The number of phenols is 1. The van der Waals surface area contributed by atoms with E-state index in [-0.39, 0.29) is 34.6 Å². The van der Waals surface area contributed by atoms with Crippen molar-refractivity contribution in [1.82, 2.24) is 15.5 Å². The number of aromatic nitrogens is 2. The molecule has 7 nitrogen and oxygen atoms in total. The molecule has 4 aromatic rings. The highest BCUT2D eigenvalue weighted by Crippen LogP contribution is 2.41. The Kier molecular flexibility index (Phi) is 7.04. The lowest BCUT2D eigenvalue weighted by Crippen LogP contribution is -2.35. The normalized spacial score (nSPS) is 13.4. The molecule has 0 amide bonds. The van der Waals surface area contributed by atoms with Crippen molar-refractivity contribution in [3.05, 3.63) is 77.4 Å². The van der Waals surface area contributed by atoms with Gasteiger partial charge >= 0.3 is 12.1 Å². The summed E-state index contributed by atoms with van der Waals surface area (Å²) < 4.78 is 47.2. The summed E-state index contributed by atoms with van der Waals surface area (Å²) in [6.07, 6.45) is -4.64. The molecule has 10 heteroatoms.